The Kier molecular flexibility index (Phi) is 5.24. The van der Waals surface area contributed by atoms with Gasteiger partial charge in [-0.05, 0) is 76.8 Å². The highest BCUT2D eigenvalue weighted by molar-refractivity contribution is 9.10. The largest absolute Gasteiger partial charge is 0.496 e. The fraction of sp³-hybridized carbons (Fsp3) is 0.227. The summed E-state index contributed by atoms with van der Waals surface area (Å²) in [6, 6.07) is 12.0. The molecule has 6 nitrogen and oxygen atoms in total. The Balaban J connectivity index is 1.79. The summed E-state index contributed by atoms with van der Waals surface area (Å²) in [4.78, 5) is 24.3. The Morgan fingerprint density at radius 2 is 1.83 bits per heavy atom. The van der Waals surface area contributed by atoms with Crippen LogP contribution < -0.4 is 9.75 Å². The quantitative estimate of drug-likeness (QED) is 0.690. The lowest BCUT2D eigenvalue weighted by Gasteiger charge is -2.37. The van der Waals surface area contributed by atoms with Crippen LogP contribution in [0.3, 0.4) is 0 Å². The van der Waals surface area contributed by atoms with Gasteiger partial charge in [-0.25, -0.2) is 9.80 Å². The maximum absolute atomic E-state index is 13.2. The lowest BCUT2D eigenvalue weighted by molar-refractivity contribution is -0.123. The molecule has 2 aromatic rings. The van der Waals surface area contributed by atoms with Gasteiger partial charge in [-0.3, -0.25) is 4.79 Å². The molecule has 4 rings (SSSR count). The fourth-order valence-electron chi connectivity index (χ4n) is 3.81. The highest BCUT2D eigenvalue weighted by Crippen LogP contribution is 2.37. The molecule has 1 N–H and O–H groups in total. The molecule has 0 fully saturated rings. The van der Waals surface area contributed by atoms with Crippen LogP contribution in [0.1, 0.15) is 28.8 Å². The van der Waals surface area contributed by atoms with E-state index in [2.05, 4.69) is 22.0 Å². The molecule has 0 spiro atoms. The minimum absolute atomic E-state index is 0.00216. The zero-order chi connectivity index (χ0) is 20.5. The Bertz CT molecular complexity index is 1030. The zero-order valence-electron chi connectivity index (χ0n) is 15.7. The lowest BCUT2D eigenvalue weighted by Crippen LogP contribution is -2.45. The Morgan fingerprint density at radius 1 is 1.14 bits per heavy atom. The number of rotatable bonds is 4. The number of amides is 1. The topological polar surface area (TPSA) is 79.2 Å². The van der Waals surface area contributed by atoms with E-state index in [1.165, 1.54) is 17.1 Å². The molecular weight excluding hydrogens is 436 g/mol. The van der Waals surface area contributed by atoms with Crippen LogP contribution in [-0.4, -0.2) is 29.8 Å². The summed E-state index contributed by atoms with van der Waals surface area (Å²) in [5.74, 6) is -0.553. The van der Waals surface area contributed by atoms with Gasteiger partial charge >= 0.3 is 5.97 Å². The number of allylic oxidation sites excluding steroid dienone is 2. The van der Waals surface area contributed by atoms with Gasteiger partial charge in [0.25, 0.3) is 5.91 Å². The number of hydrogen-bond donors (Lipinski definition) is 1. The maximum atomic E-state index is 13.2. The van der Waals surface area contributed by atoms with Gasteiger partial charge < -0.3 is 9.84 Å². The summed E-state index contributed by atoms with van der Waals surface area (Å²) < 4.78 is 6.14. The average molecular weight is 455 g/mol. The second-order valence-electron chi connectivity index (χ2n) is 6.99. The van der Waals surface area contributed by atoms with Gasteiger partial charge in [0.2, 0.25) is 0 Å². The third-order valence-corrected chi connectivity index (χ3v) is 5.94. The summed E-state index contributed by atoms with van der Waals surface area (Å²) >= 11 is 3.53. The first-order valence-corrected chi connectivity index (χ1v) is 10.0. The highest BCUT2D eigenvalue weighted by Gasteiger charge is 2.40. The van der Waals surface area contributed by atoms with Gasteiger partial charge in [0, 0.05) is 5.92 Å². The Morgan fingerprint density at radius 3 is 2.45 bits per heavy atom. The van der Waals surface area contributed by atoms with Crippen molar-refractivity contribution in [2.24, 2.45) is 16.9 Å². The number of fused-ring (bicyclic) bond motifs is 1. The maximum Gasteiger partial charge on any atom is 0.335 e. The predicted octanol–water partition coefficient (Wildman–Crippen LogP) is 4.49. The van der Waals surface area contributed by atoms with Crippen LogP contribution in [0.15, 0.2) is 64.2 Å². The zero-order valence-corrected chi connectivity index (χ0v) is 17.3. The Hall–Kier alpha value is -2.93. The van der Waals surface area contributed by atoms with Crippen LogP contribution in [0.2, 0.25) is 0 Å². The number of carbonyl (C=O) groups excluding carboxylic acids is 1. The molecule has 1 aliphatic heterocycles. The van der Waals surface area contributed by atoms with Crippen LogP contribution in [0.4, 0.5) is 5.69 Å². The van der Waals surface area contributed by atoms with Crippen molar-refractivity contribution >= 4 is 39.2 Å². The van der Waals surface area contributed by atoms with Crippen LogP contribution in [0.5, 0.6) is 5.75 Å². The molecule has 0 saturated heterocycles. The van der Waals surface area contributed by atoms with Gasteiger partial charge in [-0.15, -0.1) is 0 Å². The van der Waals surface area contributed by atoms with Crippen molar-refractivity contribution < 1.29 is 19.4 Å². The number of carboxylic acids is 1. The molecule has 1 heterocycles. The third-order valence-electron chi connectivity index (χ3n) is 5.32. The first kappa shape index (κ1) is 19.4. The molecule has 0 saturated carbocycles. The molecular formula is C22H19BrN2O4. The van der Waals surface area contributed by atoms with Gasteiger partial charge in [0.15, 0.2) is 0 Å². The average Bonchev–Trinajstić information content (AvgIpc) is 2.74. The third kappa shape index (κ3) is 3.58. The molecule has 0 aromatic heterocycles. The van der Waals surface area contributed by atoms with Crippen molar-refractivity contribution in [1.29, 1.82) is 0 Å². The summed E-state index contributed by atoms with van der Waals surface area (Å²) in [6.45, 7) is 0. The molecule has 148 valence electrons. The minimum atomic E-state index is -1.01. The molecule has 0 unspecified atom stereocenters. The lowest BCUT2D eigenvalue weighted by atomic mass is 9.76. The van der Waals surface area contributed by atoms with Crippen molar-refractivity contribution in [3.8, 4) is 5.75 Å². The first-order valence-electron chi connectivity index (χ1n) is 9.24. The normalized spacial score (nSPS) is 20.8. The van der Waals surface area contributed by atoms with E-state index in [1.807, 2.05) is 24.3 Å². The summed E-state index contributed by atoms with van der Waals surface area (Å²) in [5.41, 5.74) is 2.48. The monoisotopic (exact) mass is 454 g/mol. The number of ether oxygens (including phenoxy) is 1. The van der Waals surface area contributed by atoms with Crippen LogP contribution >= 0.6 is 15.9 Å². The Labute approximate surface area is 176 Å². The molecule has 2 atom stereocenters. The number of aromatic carboxylic acids is 1. The number of hydrogen-bond acceptors (Lipinski definition) is 4. The van der Waals surface area contributed by atoms with Crippen molar-refractivity contribution in [3.63, 3.8) is 0 Å². The van der Waals surface area contributed by atoms with Crippen molar-refractivity contribution in [1.82, 2.24) is 0 Å². The molecule has 1 aliphatic carbocycles. The van der Waals surface area contributed by atoms with E-state index in [9.17, 15) is 9.59 Å². The van der Waals surface area contributed by atoms with Crippen molar-refractivity contribution in [3.05, 3.63) is 70.2 Å². The van der Waals surface area contributed by atoms with E-state index >= 15 is 0 Å². The molecule has 7 heteroatoms. The van der Waals surface area contributed by atoms with Crippen LogP contribution in [0, 0.1) is 11.8 Å². The fourth-order valence-corrected chi connectivity index (χ4v) is 4.35. The summed E-state index contributed by atoms with van der Waals surface area (Å²) in [6.07, 6.45) is 5.55. The van der Waals surface area contributed by atoms with Gasteiger partial charge in [0.1, 0.15) is 5.75 Å². The first-order chi connectivity index (χ1) is 14.0. The van der Waals surface area contributed by atoms with Crippen LogP contribution in [0.25, 0.3) is 0 Å². The number of nitrogens with zero attached hydrogens (tertiary/aromatic N) is 2. The molecule has 1 amide bonds. The SMILES string of the molecule is COc1ccc(C2=NN(c3ccc(C(=O)O)cc3)C(=O)[C@@H]3CC=CC[C@H]23)cc1Br. The number of hydrazone groups is 1. The van der Waals surface area contributed by atoms with E-state index in [0.717, 1.165) is 27.9 Å². The predicted molar refractivity (Wildman–Crippen MR) is 113 cm³/mol. The number of methoxy groups -OCH3 is 1. The van der Waals surface area contributed by atoms with Gasteiger partial charge in [0.05, 0.1) is 34.5 Å². The molecule has 0 radical (unpaired) electrons. The molecule has 29 heavy (non-hydrogen) atoms. The second-order valence-corrected chi connectivity index (χ2v) is 7.85. The van der Waals surface area contributed by atoms with Crippen molar-refractivity contribution in [2.75, 3.05) is 12.1 Å². The molecule has 2 aliphatic rings. The number of carboxylic acid groups (broad SMARTS) is 1. The van der Waals surface area contributed by atoms with Gasteiger partial charge in [-0.2, -0.15) is 5.10 Å². The second kappa shape index (κ2) is 7.83. The van der Waals surface area contributed by atoms with E-state index in [1.54, 1.807) is 19.2 Å². The van der Waals surface area contributed by atoms with E-state index < -0.39 is 5.97 Å². The number of benzene rings is 2. The summed E-state index contributed by atoms with van der Waals surface area (Å²) in [7, 11) is 1.61. The number of carbonyl (C=O) groups is 2. The number of anilines is 1. The van der Waals surface area contributed by atoms with Crippen molar-refractivity contribution in [2.45, 2.75) is 12.8 Å². The van der Waals surface area contributed by atoms with E-state index in [4.69, 9.17) is 14.9 Å². The van der Waals surface area contributed by atoms with Crippen LogP contribution in [-0.2, 0) is 4.79 Å². The van der Waals surface area contributed by atoms with Gasteiger partial charge in [-0.1, -0.05) is 12.2 Å². The summed E-state index contributed by atoms with van der Waals surface area (Å²) in [5, 5.41) is 15.2. The standard InChI is InChI=1S/C22H19BrN2O4/c1-29-19-11-8-14(12-18(19)23)20-16-4-2-3-5-17(16)21(26)25(24-20)15-9-6-13(7-10-15)22(27)28/h2-3,6-12,16-17H,4-5H2,1H3,(H,27,28)/t16-,17+/m0/s1. The minimum Gasteiger partial charge on any atom is -0.496 e. The molecule has 2 aromatic carbocycles. The smallest absolute Gasteiger partial charge is 0.335 e. The van der Waals surface area contributed by atoms with E-state index in [0.29, 0.717) is 12.1 Å². The van der Waals surface area contributed by atoms with E-state index in [-0.39, 0.29) is 23.3 Å². The number of halogens is 1. The highest BCUT2D eigenvalue weighted by atomic mass is 79.9. The molecule has 0 bridgehead atoms.